The molecule has 1 aliphatic rings. The Morgan fingerprint density at radius 3 is 2.46 bits per heavy atom. The summed E-state index contributed by atoms with van der Waals surface area (Å²) in [5.74, 6) is 0.749. The largest absolute Gasteiger partial charge is 0.444 e. The number of imidazole rings is 1. The zero-order valence-electron chi connectivity index (χ0n) is 21.0. The summed E-state index contributed by atoms with van der Waals surface area (Å²) < 4.78 is 7.40. The highest BCUT2D eigenvalue weighted by Gasteiger charge is 2.27. The topological polar surface area (TPSA) is 114 Å². The van der Waals surface area contributed by atoms with Gasteiger partial charge in [-0.1, -0.05) is 0 Å². The fourth-order valence-electron chi connectivity index (χ4n) is 4.16. The molecule has 2 N–H and O–H groups in total. The van der Waals surface area contributed by atoms with Crippen LogP contribution in [-0.2, 0) is 4.74 Å². The van der Waals surface area contributed by atoms with Gasteiger partial charge in [0.1, 0.15) is 11.3 Å². The van der Waals surface area contributed by atoms with Crippen molar-refractivity contribution in [2.75, 3.05) is 32.0 Å². The molecular weight excluding hydrogens is 446 g/mol. The molecule has 0 bridgehead atoms. The number of piperidine rings is 1. The zero-order valence-corrected chi connectivity index (χ0v) is 21.0. The maximum Gasteiger partial charge on any atom is 0.410 e. The van der Waals surface area contributed by atoms with Gasteiger partial charge in [0.15, 0.2) is 11.5 Å². The number of carbonyl (C=O) groups excluding carboxylic acids is 2. The van der Waals surface area contributed by atoms with E-state index in [0.29, 0.717) is 42.7 Å². The number of carbonyl (C=O) groups is 2. The van der Waals surface area contributed by atoms with Gasteiger partial charge in [0.05, 0.1) is 11.4 Å². The van der Waals surface area contributed by atoms with Crippen molar-refractivity contribution in [1.82, 2.24) is 29.6 Å². The molecule has 1 aliphatic heterocycles. The Morgan fingerprint density at radius 2 is 1.83 bits per heavy atom. The summed E-state index contributed by atoms with van der Waals surface area (Å²) in [4.78, 5) is 40.0. The standard InChI is InChI=1S/C25H33N7O3/c1-16-20(23(33)26-5)30-22-21(29-19(15-32(16)22)18-6-10-27-11-7-18)28-14-17-8-12-31(13-9-17)24(34)35-25(2,3)4/h6-7,10-11,15,17H,8-9,12-14H2,1-5H3,(H,26,33)(H,28,29). The van der Waals surface area contributed by atoms with Gasteiger partial charge >= 0.3 is 6.09 Å². The van der Waals surface area contributed by atoms with Crippen LogP contribution < -0.4 is 10.6 Å². The molecule has 3 aromatic rings. The van der Waals surface area contributed by atoms with E-state index in [4.69, 9.17) is 9.72 Å². The number of rotatable bonds is 5. The van der Waals surface area contributed by atoms with Crippen molar-refractivity contribution >= 4 is 23.5 Å². The number of anilines is 1. The Labute approximate surface area is 205 Å². The first-order chi connectivity index (χ1) is 16.7. The van der Waals surface area contributed by atoms with Crippen molar-refractivity contribution in [3.63, 3.8) is 0 Å². The third kappa shape index (κ3) is 5.52. The first kappa shape index (κ1) is 24.4. The van der Waals surface area contributed by atoms with E-state index in [1.807, 2.05) is 50.4 Å². The van der Waals surface area contributed by atoms with Crippen molar-refractivity contribution in [3.05, 3.63) is 42.1 Å². The number of aryl methyl sites for hydroxylation is 1. The molecular formula is C25H33N7O3. The summed E-state index contributed by atoms with van der Waals surface area (Å²) in [7, 11) is 1.59. The molecule has 4 rings (SSSR count). The molecule has 0 saturated carbocycles. The summed E-state index contributed by atoms with van der Waals surface area (Å²) in [6.07, 6.45) is 6.82. The number of likely N-dealkylation sites (tertiary alicyclic amines) is 1. The smallest absolute Gasteiger partial charge is 0.410 e. The van der Waals surface area contributed by atoms with E-state index in [9.17, 15) is 9.59 Å². The molecule has 0 unspecified atom stereocenters. The van der Waals surface area contributed by atoms with E-state index in [1.54, 1.807) is 24.3 Å². The van der Waals surface area contributed by atoms with E-state index in [1.165, 1.54) is 0 Å². The molecule has 35 heavy (non-hydrogen) atoms. The average Bonchev–Trinajstić information content (AvgIpc) is 3.18. The number of nitrogens with one attached hydrogen (secondary N) is 2. The lowest BCUT2D eigenvalue weighted by atomic mass is 9.97. The van der Waals surface area contributed by atoms with Crippen molar-refractivity contribution < 1.29 is 14.3 Å². The number of amides is 2. The Balaban J connectivity index is 1.53. The molecule has 0 aromatic carbocycles. The molecule has 0 radical (unpaired) electrons. The van der Waals surface area contributed by atoms with E-state index in [0.717, 1.165) is 29.8 Å². The Hall–Kier alpha value is -3.69. The molecule has 0 spiro atoms. The van der Waals surface area contributed by atoms with Crippen LogP contribution in [0.4, 0.5) is 10.6 Å². The number of pyridine rings is 1. The SMILES string of the molecule is CNC(=O)c1nc2c(NCC3CCN(C(=O)OC(C)(C)C)CC3)nc(-c3ccncc3)cn2c1C. The highest BCUT2D eigenvalue weighted by Crippen LogP contribution is 2.26. The quantitative estimate of drug-likeness (QED) is 0.575. The molecule has 2 amide bonds. The minimum atomic E-state index is -0.498. The average molecular weight is 480 g/mol. The molecule has 10 heteroatoms. The molecule has 1 fully saturated rings. The van der Waals surface area contributed by atoms with Crippen LogP contribution in [0.1, 0.15) is 49.8 Å². The van der Waals surface area contributed by atoms with Crippen LogP contribution in [0.25, 0.3) is 16.9 Å². The molecule has 0 atom stereocenters. The maximum absolute atomic E-state index is 12.4. The van der Waals surface area contributed by atoms with E-state index >= 15 is 0 Å². The normalized spacial score (nSPS) is 14.7. The third-order valence-electron chi connectivity index (χ3n) is 6.09. The minimum absolute atomic E-state index is 0.239. The molecule has 10 nitrogen and oxygen atoms in total. The molecule has 1 saturated heterocycles. The van der Waals surface area contributed by atoms with Crippen LogP contribution in [0.5, 0.6) is 0 Å². The predicted molar refractivity (Wildman–Crippen MR) is 133 cm³/mol. The summed E-state index contributed by atoms with van der Waals surface area (Å²) in [6.45, 7) is 9.50. The lowest BCUT2D eigenvalue weighted by Crippen LogP contribution is -2.42. The fourth-order valence-corrected chi connectivity index (χ4v) is 4.16. The molecule has 0 aliphatic carbocycles. The number of nitrogens with zero attached hydrogens (tertiary/aromatic N) is 5. The predicted octanol–water partition coefficient (Wildman–Crippen LogP) is 3.52. The Kier molecular flexibility index (Phi) is 6.90. The van der Waals surface area contributed by atoms with Gasteiger partial charge in [0.2, 0.25) is 0 Å². The monoisotopic (exact) mass is 479 g/mol. The number of fused-ring (bicyclic) bond motifs is 1. The van der Waals surface area contributed by atoms with Gasteiger partial charge in [0.25, 0.3) is 5.91 Å². The summed E-state index contributed by atoms with van der Waals surface area (Å²) >= 11 is 0. The van der Waals surface area contributed by atoms with Crippen molar-refractivity contribution in [2.45, 2.75) is 46.1 Å². The van der Waals surface area contributed by atoms with Crippen molar-refractivity contribution in [1.29, 1.82) is 0 Å². The second kappa shape index (κ2) is 9.89. The lowest BCUT2D eigenvalue weighted by molar-refractivity contribution is 0.0188. The van der Waals surface area contributed by atoms with Crippen LogP contribution in [0, 0.1) is 12.8 Å². The first-order valence-electron chi connectivity index (χ1n) is 11.9. The fraction of sp³-hybridized carbons (Fsp3) is 0.480. The van der Waals surface area contributed by atoms with Gasteiger partial charge in [0, 0.05) is 50.8 Å². The van der Waals surface area contributed by atoms with Crippen molar-refractivity contribution in [3.8, 4) is 11.3 Å². The Morgan fingerprint density at radius 1 is 1.14 bits per heavy atom. The number of hydrogen-bond acceptors (Lipinski definition) is 7. The lowest BCUT2D eigenvalue weighted by Gasteiger charge is -2.33. The van der Waals surface area contributed by atoms with Gasteiger partial charge in [-0.15, -0.1) is 0 Å². The molecule has 4 heterocycles. The van der Waals surface area contributed by atoms with Crippen LogP contribution in [0.2, 0.25) is 0 Å². The van der Waals surface area contributed by atoms with Crippen LogP contribution in [-0.4, -0.2) is 68.5 Å². The number of ether oxygens (including phenoxy) is 1. The number of hydrogen-bond donors (Lipinski definition) is 2. The van der Waals surface area contributed by atoms with Crippen LogP contribution in [0.15, 0.2) is 30.7 Å². The molecule has 3 aromatic heterocycles. The Bertz CT molecular complexity index is 1210. The number of aromatic nitrogens is 4. The summed E-state index contributed by atoms with van der Waals surface area (Å²) in [6, 6.07) is 3.80. The maximum atomic E-state index is 12.4. The van der Waals surface area contributed by atoms with Crippen molar-refractivity contribution in [2.24, 2.45) is 5.92 Å². The van der Waals surface area contributed by atoms with E-state index in [-0.39, 0.29) is 12.0 Å². The third-order valence-corrected chi connectivity index (χ3v) is 6.09. The highest BCUT2D eigenvalue weighted by atomic mass is 16.6. The summed E-state index contributed by atoms with van der Waals surface area (Å²) in [5.41, 5.74) is 2.89. The highest BCUT2D eigenvalue weighted by molar-refractivity contribution is 5.94. The summed E-state index contributed by atoms with van der Waals surface area (Å²) in [5, 5.41) is 6.12. The second-order valence-electron chi connectivity index (χ2n) is 9.82. The minimum Gasteiger partial charge on any atom is -0.444 e. The van der Waals surface area contributed by atoms with Crippen LogP contribution >= 0.6 is 0 Å². The van der Waals surface area contributed by atoms with Gasteiger partial charge in [-0.3, -0.25) is 14.2 Å². The van der Waals surface area contributed by atoms with Gasteiger partial charge in [-0.25, -0.2) is 14.8 Å². The molecule has 186 valence electrons. The van der Waals surface area contributed by atoms with Gasteiger partial charge in [-0.05, 0) is 58.6 Å². The van der Waals surface area contributed by atoms with Gasteiger partial charge in [-0.2, -0.15) is 0 Å². The van der Waals surface area contributed by atoms with Gasteiger partial charge < -0.3 is 20.3 Å². The van der Waals surface area contributed by atoms with Crippen LogP contribution in [0.3, 0.4) is 0 Å². The zero-order chi connectivity index (χ0) is 25.2. The van der Waals surface area contributed by atoms with E-state index in [2.05, 4.69) is 20.6 Å². The first-order valence-corrected chi connectivity index (χ1v) is 11.9. The second-order valence-corrected chi connectivity index (χ2v) is 9.82. The van der Waals surface area contributed by atoms with E-state index < -0.39 is 5.60 Å².